The second-order valence-electron chi connectivity index (χ2n) is 9.10. The molecule has 0 rings (SSSR count). The van der Waals surface area contributed by atoms with Gasteiger partial charge in [-0.25, -0.2) is 0 Å². The highest BCUT2D eigenvalue weighted by Gasteiger charge is 2.04. The molecule has 0 radical (unpaired) electrons. The first-order chi connectivity index (χ1) is 16.1. The summed E-state index contributed by atoms with van der Waals surface area (Å²) >= 11 is 0. The Balaban J connectivity index is 3.25. The van der Waals surface area contributed by atoms with Crippen molar-refractivity contribution in [1.82, 2.24) is 0 Å². The lowest BCUT2D eigenvalue weighted by molar-refractivity contribution is -0.144. The van der Waals surface area contributed by atoms with E-state index in [4.69, 9.17) is 14.6 Å². The van der Waals surface area contributed by atoms with Crippen molar-refractivity contribution >= 4 is 17.9 Å². The van der Waals surface area contributed by atoms with E-state index in [1.54, 1.807) is 0 Å². The molecule has 0 aromatic heterocycles. The van der Waals surface area contributed by atoms with Crippen LogP contribution in [0.15, 0.2) is 0 Å². The molecule has 0 amide bonds. The van der Waals surface area contributed by atoms with Gasteiger partial charge in [-0.2, -0.15) is 0 Å². The van der Waals surface area contributed by atoms with Crippen LogP contribution >= 0.6 is 0 Å². The zero-order chi connectivity index (χ0) is 24.4. The van der Waals surface area contributed by atoms with Crippen molar-refractivity contribution < 1.29 is 29.0 Å². The summed E-state index contributed by atoms with van der Waals surface area (Å²) in [7, 11) is 0. The maximum Gasteiger partial charge on any atom is 0.305 e. The van der Waals surface area contributed by atoms with Gasteiger partial charge in [-0.3, -0.25) is 14.4 Å². The van der Waals surface area contributed by atoms with Gasteiger partial charge in [0.2, 0.25) is 0 Å². The Morgan fingerprint density at radius 2 is 0.818 bits per heavy atom. The first-order valence-corrected chi connectivity index (χ1v) is 13.6. The van der Waals surface area contributed by atoms with Gasteiger partial charge in [0, 0.05) is 19.3 Å². The molecule has 0 saturated heterocycles. The molecule has 0 heterocycles. The van der Waals surface area contributed by atoms with Gasteiger partial charge in [0.15, 0.2) is 0 Å². The summed E-state index contributed by atoms with van der Waals surface area (Å²) < 4.78 is 10.6. The number of unbranched alkanes of at least 4 members (excludes halogenated alkanes) is 15. The van der Waals surface area contributed by atoms with Gasteiger partial charge in [0.25, 0.3) is 0 Å². The fourth-order valence-electron chi connectivity index (χ4n) is 3.73. The van der Waals surface area contributed by atoms with Gasteiger partial charge in [0.1, 0.15) is 0 Å². The van der Waals surface area contributed by atoms with Crippen molar-refractivity contribution in [2.24, 2.45) is 0 Å². The van der Waals surface area contributed by atoms with E-state index in [0.29, 0.717) is 26.1 Å². The third-order valence-corrected chi connectivity index (χ3v) is 5.82. The molecule has 0 aliphatic rings. The summed E-state index contributed by atoms with van der Waals surface area (Å²) in [5, 5.41) is 8.57. The average molecular weight is 471 g/mol. The Labute approximate surface area is 202 Å². The minimum Gasteiger partial charge on any atom is -0.481 e. The minimum atomic E-state index is -0.736. The lowest BCUT2D eigenvalue weighted by Gasteiger charge is -2.06. The van der Waals surface area contributed by atoms with Crippen molar-refractivity contribution in [2.75, 3.05) is 13.2 Å². The van der Waals surface area contributed by atoms with Gasteiger partial charge < -0.3 is 14.6 Å². The molecule has 33 heavy (non-hydrogen) atoms. The van der Waals surface area contributed by atoms with E-state index < -0.39 is 5.97 Å². The smallest absolute Gasteiger partial charge is 0.305 e. The molecule has 0 bridgehead atoms. The molecule has 0 unspecified atom stereocenters. The standard InChI is InChI=1S/C27H50O6/c1-2-3-4-5-11-16-21-26(30)32-23-18-13-8-6-7-12-17-22-27(31)33-24-19-14-9-10-15-20-25(28)29/h2-24H2,1H3,(H,28,29). The van der Waals surface area contributed by atoms with Crippen molar-refractivity contribution in [1.29, 1.82) is 0 Å². The number of hydrogen-bond donors (Lipinski definition) is 1. The van der Waals surface area contributed by atoms with Crippen LogP contribution in [0.2, 0.25) is 0 Å². The molecule has 0 aliphatic carbocycles. The van der Waals surface area contributed by atoms with E-state index in [9.17, 15) is 14.4 Å². The highest BCUT2D eigenvalue weighted by atomic mass is 16.5. The Bertz CT molecular complexity index is 477. The van der Waals surface area contributed by atoms with E-state index in [-0.39, 0.29) is 18.4 Å². The first-order valence-electron chi connectivity index (χ1n) is 13.6. The predicted molar refractivity (Wildman–Crippen MR) is 132 cm³/mol. The van der Waals surface area contributed by atoms with Crippen molar-refractivity contribution in [3.63, 3.8) is 0 Å². The fraction of sp³-hybridized carbons (Fsp3) is 0.889. The number of rotatable bonds is 25. The van der Waals surface area contributed by atoms with Gasteiger partial charge >= 0.3 is 17.9 Å². The summed E-state index contributed by atoms with van der Waals surface area (Å²) in [5.41, 5.74) is 0. The van der Waals surface area contributed by atoms with E-state index in [1.165, 1.54) is 25.7 Å². The highest BCUT2D eigenvalue weighted by Crippen LogP contribution is 2.11. The van der Waals surface area contributed by atoms with Crippen LogP contribution in [-0.2, 0) is 23.9 Å². The van der Waals surface area contributed by atoms with Gasteiger partial charge in [0.05, 0.1) is 13.2 Å². The summed E-state index contributed by atoms with van der Waals surface area (Å²) in [6, 6.07) is 0. The lowest BCUT2D eigenvalue weighted by Crippen LogP contribution is -2.06. The van der Waals surface area contributed by atoms with Crippen molar-refractivity contribution in [2.45, 2.75) is 142 Å². The van der Waals surface area contributed by atoms with Crippen LogP contribution in [0.3, 0.4) is 0 Å². The van der Waals surface area contributed by atoms with Gasteiger partial charge in [-0.15, -0.1) is 0 Å². The van der Waals surface area contributed by atoms with Gasteiger partial charge in [-0.1, -0.05) is 90.4 Å². The number of esters is 2. The molecule has 0 aromatic rings. The quantitative estimate of drug-likeness (QED) is 0.111. The Morgan fingerprint density at radius 1 is 0.485 bits per heavy atom. The second kappa shape index (κ2) is 25.0. The molecule has 0 spiro atoms. The molecule has 6 heteroatoms. The fourth-order valence-corrected chi connectivity index (χ4v) is 3.73. The van der Waals surface area contributed by atoms with Crippen LogP contribution in [0.4, 0.5) is 0 Å². The van der Waals surface area contributed by atoms with Crippen molar-refractivity contribution in [3.05, 3.63) is 0 Å². The number of carboxylic acids is 1. The maximum absolute atomic E-state index is 11.7. The molecule has 0 atom stereocenters. The summed E-state index contributed by atoms with van der Waals surface area (Å²) in [5.74, 6) is -0.891. The number of carbonyl (C=O) groups is 3. The SMILES string of the molecule is CCCCCCCCC(=O)OCCCCCCCCCC(=O)OCCCCCCCC(=O)O. The molecular weight excluding hydrogens is 420 g/mol. The van der Waals surface area contributed by atoms with Crippen LogP contribution in [0.5, 0.6) is 0 Å². The van der Waals surface area contributed by atoms with Crippen LogP contribution in [0.1, 0.15) is 142 Å². The number of hydrogen-bond acceptors (Lipinski definition) is 5. The van der Waals surface area contributed by atoms with E-state index in [2.05, 4.69) is 6.92 Å². The highest BCUT2D eigenvalue weighted by molar-refractivity contribution is 5.69. The summed E-state index contributed by atoms with van der Waals surface area (Å²) in [4.78, 5) is 33.8. The predicted octanol–water partition coefficient (Wildman–Crippen LogP) is 7.37. The van der Waals surface area contributed by atoms with Crippen molar-refractivity contribution in [3.8, 4) is 0 Å². The minimum absolute atomic E-state index is 0.0480. The third-order valence-electron chi connectivity index (χ3n) is 5.82. The number of ether oxygens (including phenoxy) is 2. The normalized spacial score (nSPS) is 10.8. The zero-order valence-corrected chi connectivity index (χ0v) is 21.3. The van der Waals surface area contributed by atoms with E-state index in [0.717, 1.165) is 89.9 Å². The third kappa shape index (κ3) is 26.5. The number of aliphatic carboxylic acids is 1. The molecule has 0 fully saturated rings. The lowest BCUT2D eigenvalue weighted by atomic mass is 10.1. The first kappa shape index (κ1) is 31.4. The van der Waals surface area contributed by atoms with Crippen LogP contribution in [-0.4, -0.2) is 36.2 Å². The monoisotopic (exact) mass is 470 g/mol. The largest absolute Gasteiger partial charge is 0.481 e. The Kier molecular flexibility index (Phi) is 23.8. The Hall–Kier alpha value is -1.59. The van der Waals surface area contributed by atoms with Crippen LogP contribution < -0.4 is 0 Å². The van der Waals surface area contributed by atoms with Crippen LogP contribution in [0.25, 0.3) is 0 Å². The van der Waals surface area contributed by atoms with Gasteiger partial charge in [-0.05, 0) is 32.1 Å². The number of carbonyl (C=O) groups excluding carboxylic acids is 2. The molecule has 194 valence electrons. The average Bonchev–Trinajstić information content (AvgIpc) is 2.79. The number of carboxylic acid groups (broad SMARTS) is 1. The molecule has 1 N–H and O–H groups in total. The molecule has 6 nitrogen and oxygen atoms in total. The maximum atomic E-state index is 11.7. The van der Waals surface area contributed by atoms with E-state index in [1.807, 2.05) is 0 Å². The second-order valence-corrected chi connectivity index (χ2v) is 9.10. The molecular formula is C27H50O6. The van der Waals surface area contributed by atoms with Crippen LogP contribution in [0, 0.1) is 0 Å². The topological polar surface area (TPSA) is 89.9 Å². The molecule has 0 aromatic carbocycles. The molecule has 0 saturated carbocycles. The zero-order valence-electron chi connectivity index (χ0n) is 21.3. The summed E-state index contributed by atoms with van der Waals surface area (Å²) in [6.45, 7) is 3.22. The van der Waals surface area contributed by atoms with E-state index >= 15 is 0 Å². The Morgan fingerprint density at radius 3 is 1.21 bits per heavy atom. The summed E-state index contributed by atoms with van der Waals surface area (Å²) in [6.07, 6.45) is 20.3. The molecule has 0 aliphatic heterocycles.